The summed E-state index contributed by atoms with van der Waals surface area (Å²) in [5.74, 6) is 0.982. The summed E-state index contributed by atoms with van der Waals surface area (Å²) in [5.41, 5.74) is 0.547. The van der Waals surface area contributed by atoms with Gasteiger partial charge in [-0.25, -0.2) is 4.79 Å². The Balaban J connectivity index is 1.52. The third kappa shape index (κ3) is 6.93. The number of phenols is 1. The van der Waals surface area contributed by atoms with E-state index in [2.05, 4.69) is 21.2 Å². The number of nitrogens with zero attached hydrogens (tertiary/aromatic N) is 2. The molecule has 0 spiro atoms. The normalized spacial score (nSPS) is 10.9. The fourth-order valence-corrected chi connectivity index (χ4v) is 4.81. The lowest BCUT2D eigenvalue weighted by molar-refractivity contribution is -0.116. The van der Waals surface area contributed by atoms with Gasteiger partial charge in [0.2, 0.25) is 5.91 Å². The van der Waals surface area contributed by atoms with Crippen LogP contribution in [0.4, 0.5) is 5.69 Å². The number of aromatic nitrogens is 2. The highest BCUT2D eigenvalue weighted by atomic mass is 79.9. The Hall–Kier alpha value is -4.05. The molecule has 0 radical (unpaired) electrons. The summed E-state index contributed by atoms with van der Waals surface area (Å²) in [7, 11) is 1.57. The first-order valence-electron chi connectivity index (χ1n) is 13.1. The molecule has 4 rings (SSSR count). The van der Waals surface area contributed by atoms with Crippen LogP contribution in [0.25, 0.3) is 10.9 Å². The van der Waals surface area contributed by atoms with E-state index < -0.39 is 11.2 Å². The van der Waals surface area contributed by atoms with Crippen molar-refractivity contribution in [3.63, 3.8) is 0 Å². The van der Waals surface area contributed by atoms with Gasteiger partial charge in [0.1, 0.15) is 22.8 Å². The molecule has 0 atom stereocenters. The average molecular weight is 611 g/mol. The molecule has 0 saturated carbocycles. The van der Waals surface area contributed by atoms with Crippen molar-refractivity contribution in [3.8, 4) is 17.2 Å². The van der Waals surface area contributed by atoms with E-state index in [-0.39, 0.29) is 42.3 Å². The predicted octanol–water partition coefficient (Wildman–Crippen LogP) is 4.90. The number of nitrogens with one attached hydrogen (secondary N) is 1. The number of phenolic OH excluding ortho intramolecular Hbond substituents is 1. The van der Waals surface area contributed by atoms with Crippen molar-refractivity contribution in [1.29, 1.82) is 0 Å². The molecule has 0 fully saturated rings. The van der Waals surface area contributed by atoms with Crippen molar-refractivity contribution in [3.05, 3.63) is 93.1 Å². The van der Waals surface area contributed by atoms with E-state index in [1.54, 1.807) is 55.6 Å². The SMILES string of the molecule is COc1ccc(Cn2c(=O)c3cccc(O)c3n(CCCOc3ccccc3NC(=O)CCCCBr)c2=O)cc1. The second-order valence-corrected chi connectivity index (χ2v) is 10.0. The van der Waals surface area contributed by atoms with E-state index in [0.29, 0.717) is 30.0 Å². The van der Waals surface area contributed by atoms with E-state index in [4.69, 9.17) is 9.47 Å². The zero-order chi connectivity index (χ0) is 28.5. The van der Waals surface area contributed by atoms with E-state index in [9.17, 15) is 19.5 Å². The molecule has 0 unspecified atom stereocenters. The number of alkyl halides is 1. The Morgan fingerprint density at radius 3 is 2.48 bits per heavy atom. The second kappa shape index (κ2) is 13.8. The van der Waals surface area contributed by atoms with Gasteiger partial charge < -0.3 is 19.9 Å². The number of fused-ring (bicyclic) bond motifs is 1. The molecule has 40 heavy (non-hydrogen) atoms. The summed E-state index contributed by atoms with van der Waals surface area (Å²) in [6, 6.07) is 19.0. The molecule has 0 aliphatic carbocycles. The number of benzene rings is 3. The molecule has 2 N–H and O–H groups in total. The molecular formula is C30H32BrN3O6. The van der Waals surface area contributed by atoms with Crippen LogP contribution in [0.2, 0.25) is 0 Å². The average Bonchev–Trinajstić information content (AvgIpc) is 2.96. The van der Waals surface area contributed by atoms with Crippen LogP contribution < -0.4 is 26.0 Å². The first kappa shape index (κ1) is 28.9. The minimum Gasteiger partial charge on any atom is -0.506 e. The van der Waals surface area contributed by atoms with Gasteiger partial charge in [0.15, 0.2) is 0 Å². The topological polar surface area (TPSA) is 112 Å². The number of hydrogen-bond acceptors (Lipinski definition) is 6. The van der Waals surface area contributed by atoms with Crippen LogP contribution in [-0.2, 0) is 17.9 Å². The maximum absolute atomic E-state index is 13.5. The number of anilines is 1. The first-order valence-corrected chi connectivity index (χ1v) is 14.2. The molecule has 4 aromatic rings. The van der Waals surface area contributed by atoms with Gasteiger partial charge in [0, 0.05) is 18.3 Å². The van der Waals surface area contributed by atoms with Gasteiger partial charge in [-0.2, -0.15) is 0 Å². The molecule has 10 heteroatoms. The number of halogens is 1. The van der Waals surface area contributed by atoms with Gasteiger partial charge in [-0.1, -0.05) is 46.3 Å². The highest BCUT2D eigenvalue weighted by Gasteiger charge is 2.16. The number of para-hydroxylation sites is 3. The van der Waals surface area contributed by atoms with Crippen molar-refractivity contribution in [2.75, 3.05) is 24.4 Å². The lowest BCUT2D eigenvalue weighted by atomic mass is 10.2. The molecule has 1 amide bonds. The molecule has 1 heterocycles. The summed E-state index contributed by atoms with van der Waals surface area (Å²) >= 11 is 3.37. The quantitative estimate of drug-likeness (QED) is 0.165. The zero-order valence-corrected chi connectivity index (χ0v) is 23.9. The van der Waals surface area contributed by atoms with Gasteiger partial charge in [-0.15, -0.1) is 0 Å². The molecule has 0 saturated heterocycles. The highest BCUT2D eigenvalue weighted by molar-refractivity contribution is 9.09. The Kier molecular flexibility index (Phi) is 10.0. The van der Waals surface area contributed by atoms with Crippen LogP contribution in [0, 0.1) is 0 Å². The van der Waals surface area contributed by atoms with Crippen molar-refractivity contribution < 1.29 is 19.4 Å². The molecule has 3 aromatic carbocycles. The molecular weight excluding hydrogens is 578 g/mol. The maximum atomic E-state index is 13.5. The number of methoxy groups -OCH3 is 1. The Morgan fingerprint density at radius 1 is 0.950 bits per heavy atom. The third-order valence-corrected chi connectivity index (χ3v) is 7.01. The Morgan fingerprint density at radius 2 is 1.73 bits per heavy atom. The summed E-state index contributed by atoms with van der Waals surface area (Å²) in [5, 5.41) is 14.6. The van der Waals surface area contributed by atoms with Gasteiger partial charge in [-0.3, -0.25) is 18.7 Å². The summed E-state index contributed by atoms with van der Waals surface area (Å²) in [4.78, 5) is 39.1. The van der Waals surface area contributed by atoms with Crippen LogP contribution in [-0.4, -0.2) is 39.2 Å². The number of aryl methyl sites for hydroxylation is 1. The van der Waals surface area contributed by atoms with Gasteiger partial charge in [-0.05, 0) is 61.2 Å². The van der Waals surface area contributed by atoms with Crippen LogP contribution in [0.5, 0.6) is 17.2 Å². The molecule has 0 aliphatic heterocycles. The van der Waals surface area contributed by atoms with Crippen molar-refractivity contribution in [2.45, 2.75) is 38.8 Å². The predicted molar refractivity (Wildman–Crippen MR) is 159 cm³/mol. The molecule has 0 aliphatic rings. The fourth-order valence-electron chi connectivity index (χ4n) is 4.41. The van der Waals surface area contributed by atoms with Crippen molar-refractivity contribution in [1.82, 2.24) is 9.13 Å². The second-order valence-electron chi connectivity index (χ2n) is 9.24. The third-order valence-electron chi connectivity index (χ3n) is 6.45. The van der Waals surface area contributed by atoms with Gasteiger partial charge in [0.05, 0.1) is 31.3 Å². The number of unbranched alkanes of at least 4 members (excludes halogenated alkanes) is 1. The number of rotatable bonds is 13. The smallest absolute Gasteiger partial charge is 0.331 e. The van der Waals surface area contributed by atoms with Crippen LogP contribution in [0.15, 0.2) is 76.3 Å². The van der Waals surface area contributed by atoms with E-state index in [1.165, 1.54) is 15.2 Å². The fraction of sp³-hybridized carbons (Fsp3) is 0.300. The van der Waals surface area contributed by atoms with E-state index in [1.807, 2.05) is 12.1 Å². The maximum Gasteiger partial charge on any atom is 0.331 e. The largest absolute Gasteiger partial charge is 0.506 e. The molecule has 1 aromatic heterocycles. The lowest BCUT2D eigenvalue weighted by Crippen LogP contribution is -2.40. The number of aromatic hydroxyl groups is 1. The lowest BCUT2D eigenvalue weighted by Gasteiger charge is -2.16. The van der Waals surface area contributed by atoms with Crippen molar-refractivity contribution >= 4 is 38.4 Å². The van der Waals surface area contributed by atoms with Gasteiger partial charge in [0.25, 0.3) is 5.56 Å². The highest BCUT2D eigenvalue weighted by Crippen LogP contribution is 2.25. The van der Waals surface area contributed by atoms with Gasteiger partial charge >= 0.3 is 5.69 Å². The number of carbonyl (C=O) groups is 1. The number of amides is 1. The van der Waals surface area contributed by atoms with Crippen molar-refractivity contribution in [2.24, 2.45) is 0 Å². The standard InChI is InChI=1S/C30H32BrN3O6/c1-39-22-15-13-21(14-16-22)20-34-29(37)23-8-6-10-25(35)28(23)33(30(34)38)18-7-19-40-26-11-3-2-9-24(26)32-27(36)12-4-5-17-31/h2-3,6,8-11,13-16,35H,4-5,7,12,17-20H2,1H3,(H,32,36). The minimum absolute atomic E-state index is 0.0759. The van der Waals surface area contributed by atoms with Crippen LogP contribution in [0.3, 0.4) is 0 Å². The van der Waals surface area contributed by atoms with Crippen LogP contribution in [0.1, 0.15) is 31.2 Å². The first-order chi connectivity index (χ1) is 19.4. The Bertz CT molecular complexity index is 1580. The molecule has 210 valence electrons. The number of carbonyl (C=O) groups excluding carboxylic acids is 1. The Labute approximate surface area is 240 Å². The minimum atomic E-state index is -0.522. The zero-order valence-electron chi connectivity index (χ0n) is 22.3. The number of ether oxygens (including phenoxy) is 2. The number of hydrogen-bond donors (Lipinski definition) is 2. The van der Waals surface area contributed by atoms with Crippen LogP contribution >= 0.6 is 15.9 Å². The monoisotopic (exact) mass is 609 g/mol. The summed E-state index contributed by atoms with van der Waals surface area (Å²) in [6.07, 6.45) is 2.54. The van der Waals surface area contributed by atoms with E-state index >= 15 is 0 Å². The molecule has 9 nitrogen and oxygen atoms in total. The van der Waals surface area contributed by atoms with E-state index in [0.717, 1.165) is 23.7 Å². The summed E-state index contributed by atoms with van der Waals surface area (Å²) < 4.78 is 13.7. The molecule has 0 bridgehead atoms. The summed E-state index contributed by atoms with van der Waals surface area (Å²) in [6.45, 7) is 0.527.